The number of halogens is 1. The SMILES string of the molecule is CN=C(NCCCC1CCCC1)NCC1(SC)CCOCC1.I. The number of hydrogen-bond donors (Lipinski definition) is 2. The first-order chi connectivity index (χ1) is 10.8. The Kier molecular flexibility index (Phi) is 10.9. The van der Waals surface area contributed by atoms with Gasteiger partial charge in [-0.05, 0) is 37.9 Å². The maximum atomic E-state index is 5.50. The molecule has 0 radical (unpaired) electrons. The average Bonchev–Trinajstić information content (AvgIpc) is 3.08. The summed E-state index contributed by atoms with van der Waals surface area (Å²) in [6, 6.07) is 0. The van der Waals surface area contributed by atoms with Gasteiger partial charge in [0.25, 0.3) is 0 Å². The third kappa shape index (κ3) is 7.38. The first-order valence-electron chi connectivity index (χ1n) is 8.85. The minimum absolute atomic E-state index is 0. The van der Waals surface area contributed by atoms with Crippen LogP contribution in [-0.4, -0.2) is 50.3 Å². The topological polar surface area (TPSA) is 45.7 Å². The molecule has 2 rings (SSSR count). The normalized spacial score (nSPS) is 21.7. The van der Waals surface area contributed by atoms with E-state index in [4.69, 9.17) is 4.74 Å². The Balaban J connectivity index is 0.00000264. The van der Waals surface area contributed by atoms with Gasteiger partial charge in [-0.3, -0.25) is 4.99 Å². The Morgan fingerprint density at radius 2 is 1.91 bits per heavy atom. The van der Waals surface area contributed by atoms with Gasteiger partial charge in [-0.2, -0.15) is 11.8 Å². The van der Waals surface area contributed by atoms with Crippen LogP contribution in [-0.2, 0) is 4.74 Å². The van der Waals surface area contributed by atoms with Crippen molar-refractivity contribution in [2.75, 3.05) is 39.6 Å². The van der Waals surface area contributed by atoms with Crippen LogP contribution in [0.4, 0.5) is 0 Å². The summed E-state index contributed by atoms with van der Waals surface area (Å²) in [4.78, 5) is 4.36. The van der Waals surface area contributed by atoms with Crippen molar-refractivity contribution in [3.63, 3.8) is 0 Å². The third-order valence-corrected chi connectivity index (χ3v) is 6.61. The zero-order chi connectivity index (χ0) is 15.7. The summed E-state index contributed by atoms with van der Waals surface area (Å²) in [6.45, 7) is 3.78. The zero-order valence-electron chi connectivity index (χ0n) is 14.7. The molecule has 2 fully saturated rings. The van der Waals surface area contributed by atoms with Gasteiger partial charge < -0.3 is 15.4 Å². The second-order valence-electron chi connectivity index (χ2n) is 6.64. The van der Waals surface area contributed by atoms with Crippen LogP contribution in [0.1, 0.15) is 51.4 Å². The molecule has 0 atom stereocenters. The lowest BCUT2D eigenvalue weighted by molar-refractivity contribution is 0.0783. The van der Waals surface area contributed by atoms with Gasteiger partial charge in [0.2, 0.25) is 0 Å². The van der Waals surface area contributed by atoms with Crippen LogP contribution < -0.4 is 10.6 Å². The summed E-state index contributed by atoms with van der Waals surface area (Å²) in [5.74, 6) is 1.94. The highest BCUT2D eigenvalue weighted by Crippen LogP contribution is 2.33. The predicted octanol–water partition coefficient (Wildman–Crippen LogP) is 3.65. The number of aliphatic imine (C=N–C) groups is 1. The van der Waals surface area contributed by atoms with Gasteiger partial charge >= 0.3 is 0 Å². The van der Waals surface area contributed by atoms with E-state index < -0.39 is 0 Å². The van der Waals surface area contributed by atoms with Gasteiger partial charge in [0.1, 0.15) is 0 Å². The summed E-state index contributed by atoms with van der Waals surface area (Å²) < 4.78 is 5.81. The fourth-order valence-electron chi connectivity index (χ4n) is 3.56. The number of ether oxygens (including phenoxy) is 1. The lowest BCUT2D eigenvalue weighted by Gasteiger charge is -2.36. The van der Waals surface area contributed by atoms with Crippen molar-refractivity contribution in [2.24, 2.45) is 10.9 Å². The zero-order valence-corrected chi connectivity index (χ0v) is 17.9. The second-order valence-corrected chi connectivity index (χ2v) is 7.92. The minimum Gasteiger partial charge on any atom is -0.381 e. The number of rotatable bonds is 7. The van der Waals surface area contributed by atoms with E-state index in [0.29, 0.717) is 4.75 Å². The van der Waals surface area contributed by atoms with Crippen molar-refractivity contribution in [2.45, 2.75) is 56.1 Å². The van der Waals surface area contributed by atoms with Crippen LogP contribution in [0.15, 0.2) is 4.99 Å². The molecule has 1 saturated carbocycles. The summed E-state index contributed by atoms with van der Waals surface area (Å²) in [5, 5.41) is 6.99. The Hall–Kier alpha value is 0.310. The summed E-state index contributed by atoms with van der Waals surface area (Å²) in [6.07, 6.45) is 12.9. The van der Waals surface area contributed by atoms with Crippen LogP contribution in [0.2, 0.25) is 0 Å². The maximum Gasteiger partial charge on any atom is 0.191 e. The Morgan fingerprint density at radius 3 is 2.52 bits per heavy atom. The van der Waals surface area contributed by atoms with Crippen LogP contribution >= 0.6 is 35.7 Å². The third-order valence-electron chi connectivity index (χ3n) is 5.19. The molecule has 4 nitrogen and oxygen atoms in total. The van der Waals surface area contributed by atoms with Gasteiger partial charge in [0, 0.05) is 38.1 Å². The molecular weight excluding hydrogens is 421 g/mol. The molecular formula is C17H34IN3OS. The van der Waals surface area contributed by atoms with Crippen molar-refractivity contribution in [1.82, 2.24) is 10.6 Å². The van der Waals surface area contributed by atoms with E-state index in [-0.39, 0.29) is 24.0 Å². The molecule has 6 heteroatoms. The first-order valence-corrected chi connectivity index (χ1v) is 10.1. The molecule has 0 aromatic carbocycles. The van der Waals surface area contributed by atoms with Crippen molar-refractivity contribution < 1.29 is 4.74 Å². The molecule has 1 aliphatic heterocycles. The lowest BCUT2D eigenvalue weighted by Crippen LogP contribution is -2.48. The first kappa shape index (κ1) is 21.4. The quantitative estimate of drug-likeness (QED) is 0.266. The van der Waals surface area contributed by atoms with Crippen molar-refractivity contribution in [3.8, 4) is 0 Å². The number of thioether (sulfide) groups is 1. The van der Waals surface area contributed by atoms with E-state index in [2.05, 4.69) is 21.9 Å². The molecule has 0 aromatic rings. The van der Waals surface area contributed by atoms with Crippen LogP contribution in [0.25, 0.3) is 0 Å². The van der Waals surface area contributed by atoms with E-state index in [1.165, 1.54) is 38.5 Å². The molecule has 23 heavy (non-hydrogen) atoms. The Labute approximate surface area is 163 Å². The molecule has 1 heterocycles. The van der Waals surface area contributed by atoms with Crippen LogP contribution in [0, 0.1) is 5.92 Å². The number of nitrogens with one attached hydrogen (secondary N) is 2. The predicted molar refractivity (Wildman–Crippen MR) is 112 cm³/mol. The smallest absolute Gasteiger partial charge is 0.191 e. The van der Waals surface area contributed by atoms with E-state index in [0.717, 1.165) is 51.0 Å². The summed E-state index contributed by atoms with van der Waals surface area (Å²) in [7, 11) is 1.86. The number of guanidine groups is 1. The highest BCUT2D eigenvalue weighted by Gasteiger charge is 2.31. The maximum absolute atomic E-state index is 5.50. The molecule has 2 aliphatic rings. The van der Waals surface area contributed by atoms with Gasteiger partial charge in [0.05, 0.1) is 0 Å². The molecule has 136 valence electrons. The van der Waals surface area contributed by atoms with Crippen molar-refractivity contribution in [1.29, 1.82) is 0 Å². The van der Waals surface area contributed by atoms with E-state index in [9.17, 15) is 0 Å². The monoisotopic (exact) mass is 455 g/mol. The molecule has 0 aromatic heterocycles. The highest BCUT2D eigenvalue weighted by atomic mass is 127. The summed E-state index contributed by atoms with van der Waals surface area (Å²) >= 11 is 1.97. The fraction of sp³-hybridized carbons (Fsp3) is 0.941. The van der Waals surface area contributed by atoms with Gasteiger partial charge in [-0.25, -0.2) is 0 Å². The number of hydrogen-bond acceptors (Lipinski definition) is 3. The van der Waals surface area contributed by atoms with Crippen molar-refractivity contribution in [3.05, 3.63) is 0 Å². The lowest BCUT2D eigenvalue weighted by atomic mass is 9.99. The Morgan fingerprint density at radius 1 is 1.22 bits per heavy atom. The molecule has 0 spiro atoms. The molecule has 1 saturated heterocycles. The molecule has 2 N–H and O–H groups in total. The summed E-state index contributed by atoms with van der Waals surface area (Å²) in [5.41, 5.74) is 0. The molecule has 0 unspecified atom stereocenters. The van der Waals surface area contributed by atoms with Gasteiger partial charge in [-0.15, -0.1) is 24.0 Å². The standard InChI is InChI=1S/C17H33N3OS.HI/c1-18-16(19-11-5-8-15-6-3-4-7-15)20-14-17(22-2)9-12-21-13-10-17;/h15H,3-14H2,1-2H3,(H2,18,19,20);1H. The average molecular weight is 455 g/mol. The molecule has 0 bridgehead atoms. The van der Waals surface area contributed by atoms with E-state index in [1.807, 2.05) is 18.8 Å². The Bertz CT molecular complexity index is 343. The number of nitrogens with zero attached hydrogens (tertiary/aromatic N) is 1. The minimum atomic E-state index is 0. The van der Waals surface area contributed by atoms with Gasteiger partial charge in [-0.1, -0.05) is 25.7 Å². The van der Waals surface area contributed by atoms with E-state index in [1.54, 1.807) is 0 Å². The van der Waals surface area contributed by atoms with E-state index >= 15 is 0 Å². The van der Waals surface area contributed by atoms with Crippen LogP contribution in [0.5, 0.6) is 0 Å². The van der Waals surface area contributed by atoms with Gasteiger partial charge in [0.15, 0.2) is 5.96 Å². The molecule has 0 amide bonds. The highest BCUT2D eigenvalue weighted by molar-refractivity contribution is 14.0. The van der Waals surface area contributed by atoms with Crippen molar-refractivity contribution >= 4 is 41.7 Å². The fourth-order valence-corrected chi connectivity index (χ4v) is 4.35. The second kappa shape index (κ2) is 11.8. The van der Waals surface area contributed by atoms with Crippen LogP contribution in [0.3, 0.4) is 0 Å². The largest absolute Gasteiger partial charge is 0.381 e. The molecule has 1 aliphatic carbocycles.